The molecule has 0 aliphatic carbocycles. The summed E-state index contributed by atoms with van der Waals surface area (Å²) < 4.78 is 19.3. The molecule has 0 saturated carbocycles. The molecular formula is C16H17BrFNO. The van der Waals surface area contributed by atoms with Crippen molar-refractivity contribution in [1.82, 2.24) is 5.32 Å². The van der Waals surface area contributed by atoms with Crippen LogP contribution in [-0.2, 0) is 6.54 Å². The molecule has 1 atom stereocenters. The molecule has 0 radical (unpaired) electrons. The van der Waals surface area contributed by atoms with Gasteiger partial charge in [0.15, 0.2) is 0 Å². The molecule has 2 nitrogen and oxygen atoms in total. The predicted molar refractivity (Wildman–Crippen MR) is 82.3 cm³/mol. The van der Waals surface area contributed by atoms with Gasteiger partial charge in [-0.25, -0.2) is 4.39 Å². The van der Waals surface area contributed by atoms with Crippen LogP contribution in [0.15, 0.2) is 46.9 Å². The molecular weight excluding hydrogens is 321 g/mol. The van der Waals surface area contributed by atoms with Crippen LogP contribution in [0.4, 0.5) is 4.39 Å². The van der Waals surface area contributed by atoms with Crippen molar-refractivity contribution in [2.24, 2.45) is 0 Å². The number of halogens is 2. The van der Waals surface area contributed by atoms with Crippen molar-refractivity contribution in [3.8, 4) is 5.75 Å². The van der Waals surface area contributed by atoms with Crippen molar-refractivity contribution in [3.05, 3.63) is 63.9 Å². The number of ether oxygens (including phenoxy) is 1. The second kappa shape index (κ2) is 6.86. The first-order chi connectivity index (χ1) is 9.60. The van der Waals surface area contributed by atoms with E-state index in [1.165, 1.54) is 17.7 Å². The summed E-state index contributed by atoms with van der Waals surface area (Å²) in [4.78, 5) is 0. The van der Waals surface area contributed by atoms with Gasteiger partial charge < -0.3 is 10.1 Å². The third-order valence-electron chi connectivity index (χ3n) is 3.22. The van der Waals surface area contributed by atoms with Gasteiger partial charge in [-0.1, -0.05) is 28.1 Å². The maximum atomic E-state index is 13.2. The molecule has 0 heterocycles. The second-order valence-electron chi connectivity index (χ2n) is 4.61. The fourth-order valence-corrected chi connectivity index (χ4v) is 2.34. The summed E-state index contributed by atoms with van der Waals surface area (Å²) >= 11 is 3.43. The Morgan fingerprint density at radius 2 is 1.90 bits per heavy atom. The third-order valence-corrected chi connectivity index (χ3v) is 4.00. The minimum Gasteiger partial charge on any atom is -0.497 e. The van der Waals surface area contributed by atoms with Gasteiger partial charge in [0.1, 0.15) is 11.6 Å². The summed E-state index contributed by atoms with van der Waals surface area (Å²) in [6, 6.07) is 12.8. The van der Waals surface area contributed by atoms with Crippen LogP contribution < -0.4 is 10.1 Å². The lowest BCUT2D eigenvalue weighted by molar-refractivity contribution is 0.414. The van der Waals surface area contributed by atoms with Gasteiger partial charge in [-0.05, 0) is 48.4 Å². The van der Waals surface area contributed by atoms with E-state index in [9.17, 15) is 4.39 Å². The Kier molecular flexibility index (Phi) is 5.15. The zero-order valence-corrected chi connectivity index (χ0v) is 13.1. The molecule has 0 unspecified atom stereocenters. The van der Waals surface area contributed by atoms with Crippen LogP contribution in [0.25, 0.3) is 0 Å². The molecule has 20 heavy (non-hydrogen) atoms. The van der Waals surface area contributed by atoms with E-state index in [0.717, 1.165) is 15.8 Å². The Balaban J connectivity index is 2.00. The topological polar surface area (TPSA) is 21.3 Å². The lowest BCUT2D eigenvalue weighted by atomic mass is 10.1. The Labute approximate surface area is 127 Å². The van der Waals surface area contributed by atoms with Crippen molar-refractivity contribution >= 4 is 15.9 Å². The van der Waals surface area contributed by atoms with Gasteiger partial charge in [-0.15, -0.1) is 0 Å². The summed E-state index contributed by atoms with van der Waals surface area (Å²) in [5.74, 6) is 0.621. The number of benzene rings is 2. The highest BCUT2D eigenvalue weighted by atomic mass is 79.9. The van der Waals surface area contributed by atoms with Crippen molar-refractivity contribution in [1.29, 1.82) is 0 Å². The number of hydrogen-bond acceptors (Lipinski definition) is 2. The van der Waals surface area contributed by atoms with Crippen LogP contribution in [-0.4, -0.2) is 7.11 Å². The minimum atomic E-state index is -0.220. The molecule has 2 aromatic carbocycles. The molecule has 0 amide bonds. The first-order valence-electron chi connectivity index (χ1n) is 6.41. The largest absolute Gasteiger partial charge is 0.497 e. The summed E-state index contributed by atoms with van der Waals surface area (Å²) in [7, 11) is 1.65. The van der Waals surface area contributed by atoms with Gasteiger partial charge in [0.25, 0.3) is 0 Å². The second-order valence-corrected chi connectivity index (χ2v) is 5.47. The van der Waals surface area contributed by atoms with E-state index in [4.69, 9.17) is 4.74 Å². The molecule has 1 N–H and O–H groups in total. The Morgan fingerprint density at radius 1 is 1.20 bits per heavy atom. The van der Waals surface area contributed by atoms with E-state index in [1.807, 2.05) is 24.3 Å². The van der Waals surface area contributed by atoms with Crippen molar-refractivity contribution in [2.75, 3.05) is 7.11 Å². The molecule has 0 bridgehead atoms. The van der Waals surface area contributed by atoms with Gasteiger partial charge >= 0.3 is 0 Å². The van der Waals surface area contributed by atoms with Crippen LogP contribution in [0.1, 0.15) is 24.1 Å². The minimum absolute atomic E-state index is 0.177. The Hall–Kier alpha value is -1.39. The van der Waals surface area contributed by atoms with E-state index in [2.05, 4.69) is 28.2 Å². The zero-order chi connectivity index (χ0) is 14.5. The smallest absolute Gasteiger partial charge is 0.123 e. The van der Waals surface area contributed by atoms with E-state index in [0.29, 0.717) is 6.54 Å². The molecule has 106 valence electrons. The van der Waals surface area contributed by atoms with Crippen LogP contribution >= 0.6 is 15.9 Å². The van der Waals surface area contributed by atoms with E-state index in [-0.39, 0.29) is 11.9 Å². The highest BCUT2D eigenvalue weighted by Gasteiger charge is 2.07. The molecule has 0 saturated heterocycles. The summed E-state index contributed by atoms with van der Waals surface area (Å²) in [6.07, 6.45) is 0. The molecule has 4 heteroatoms. The molecule has 0 aliphatic rings. The molecule has 2 aromatic rings. The number of methoxy groups -OCH3 is 1. The molecule has 0 fully saturated rings. The van der Waals surface area contributed by atoms with Gasteiger partial charge in [0.2, 0.25) is 0 Å². The number of nitrogens with one attached hydrogen (secondary N) is 1. The monoisotopic (exact) mass is 337 g/mol. The maximum absolute atomic E-state index is 13.2. The SMILES string of the molecule is COc1ccc([C@H](C)NCc2cc(F)ccc2Br)cc1. The van der Waals surface area contributed by atoms with Crippen molar-refractivity contribution in [2.45, 2.75) is 19.5 Å². The quantitative estimate of drug-likeness (QED) is 0.870. The fourth-order valence-electron chi connectivity index (χ4n) is 1.95. The van der Waals surface area contributed by atoms with Crippen molar-refractivity contribution in [3.63, 3.8) is 0 Å². The average Bonchev–Trinajstić information content (AvgIpc) is 2.48. The van der Waals surface area contributed by atoms with Crippen LogP contribution in [0.2, 0.25) is 0 Å². The summed E-state index contributed by atoms with van der Waals surface area (Å²) in [6.45, 7) is 2.68. The number of hydrogen-bond donors (Lipinski definition) is 1. The van der Waals surface area contributed by atoms with Crippen LogP contribution in [0, 0.1) is 5.82 Å². The van der Waals surface area contributed by atoms with Gasteiger partial charge in [-0.2, -0.15) is 0 Å². The van der Waals surface area contributed by atoms with Gasteiger partial charge in [0, 0.05) is 17.1 Å². The molecule has 0 aliphatic heterocycles. The Morgan fingerprint density at radius 3 is 2.55 bits per heavy atom. The van der Waals surface area contributed by atoms with Crippen LogP contribution in [0.3, 0.4) is 0 Å². The van der Waals surface area contributed by atoms with Crippen LogP contribution in [0.5, 0.6) is 5.75 Å². The standard InChI is InChI=1S/C16H17BrFNO/c1-11(12-3-6-15(20-2)7-4-12)19-10-13-9-14(18)5-8-16(13)17/h3-9,11,19H,10H2,1-2H3/t11-/m0/s1. The highest BCUT2D eigenvalue weighted by molar-refractivity contribution is 9.10. The highest BCUT2D eigenvalue weighted by Crippen LogP contribution is 2.20. The normalized spacial score (nSPS) is 12.2. The van der Waals surface area contributed by atoms with E-state index in [1.54, 1.807) is 13.2 Å². The zero-order valence-electron chi connectivity index (χ0n) is 11.5. The summed E-state index contributed by atoms with van der Waals surface area (Å²) in [5.41, 5.74) is 2.07. The number of rotatable bonds is 5. The lowest BCUT2D eigenvalue weighted by Gasteiger charge is -2.15. The van der Waals surface area contributed by atoms with Gasteiger partial charge in [-0.3, -0.25) is 0 Å². The Bertz CT molecular complexity index is 571. The summed E-state index contributed by atoms with van der Waals surface area (Å²) in [5, 5.41) is 3.38. The first-order valence-corrected chi connectivity index (χ1v) is 7.20. The predicted octanol–water partition coefficient (Wildman–Crippen LogP) is 4.45. The maximum Gasteiger partial charge on any atom is 0.123 e. The molecule has 0 spiro atoms. The lowest BCUT2D eigenvalue weighted by Crippen LogP contribution is -2.18. The van der Waals surface area contributed by atoms with Crippen molar-refractivity contribution < 1.29 is 9.13 Å². The average molecular weight is 338 g/mol. The first kappa shape index (κ1) is 15.0. The van der Waals surface area contributed by atoms with Gasteiger partial charge in [0.05, 0.1) is 7.11 Å². The molecule has 2 rings (SSSR count). The van der Waals surface area contributed by atoms with E-state index < -0.39 is 0 Å². The molecule has 0 aromatic heterocycles. The third kappa shape index (κ3) is 3.81. The fraction of sp³-hybridized carbons (Fsp3) is 0.250. The van der Waals surface area contributed by atoms with E-state index >= 15 is 0 Å².